The Kier molecular flexibility index (Phi) is 4.61. The zero-order valence-electron chi connectivity index (χ0n) is 15.0. The molecule has 0 saturated heterocycles. The highest BCUT2D eigenvalue weighted by Crippen LogP contribution is 2.14. The second kappa shape index (κ2) is 7.37. The number of nitrogens with zero attached hydrogens (tertiary/aromatic N) is 5. The fraction of sp³-hybridized carbons (Fsp3) is 0.143. The summed E-state index contributed by atoms with van der Waals surface area (Å²) in [5.41, 5.74) is 3.87. The number of benzene rings is 2. The minimum absolute atomic E-state index is 0.295. The molecule has 0 fully saturated rings. The van der Waals surface area contributed by atoms with Gasteiger partial charge in [-0.2, -0.15) is 4.99 Å². The number of aromatic nitrogens is 4. The standard InChI is InChI=1S/C21H19N5O/c1-2-26-19-12-11-17(14-18(19)23-24-26)21(27)22-20-10-6-7-13-25(20)15-16-8-4-3-5-9-16/h3-14H,2,15H2,1H3. The van der Waals surface area contributed by atoms with E-state index >= 15 is 0 Å². The Morgan fingerprint density at radius 3 is 2.67 bits per heavy atom. The van der Waals surface area contributed by atoms with Crippen LogP contribution >= 0.6 is 0 Å². The van der Waals surface area contributed by atoms with Gasteiger partial charge in [-0.1, -0.05) is 41.6 Å². The molecule has 27 heavy (non-hydrogen) atoms. The van der Waals surface area contributed by atoms with Gasteiger partial charge in [-0.25, -0.2) is 4.68 Å². The molecule has 0 aliphatic rings. The van der Waals surface area contributed by atoms with Crippen LogP contribution in [0.1, 0.15) is 22.8 Å². The molecule has 0 aliphatic carbocycles. The number of carbonyl (C=O) groups is 1. The number of rotatable bonds is 4. The summed E-state index contributed by atoms with van der Waals surface area (Å²) in [6, 6.07) is 21.1. The lowest BCUT2D eigenvalue weighted by Gasteiger charge is -2.07. The molecule has 2 aromatic heterocycles. The fourth-order valence-corrected chi connectivity index (χ4v) is 2.99. The van der Waals surface area contributed by atoms with Crippen molar-refractivity contribution in [2.75, 3.05) is 0 Å². The number of aryl methyl sites for hydroxylation is 1. The van der Waals surface area contributed by atoms with Crippen molar-refractivity contribution < 1.29 is 4.79 Å². The average molecular weight is 357 g/mol. The van der Waals surface area contributed by atoms with E-state index in [1.165, 1.54) is 0 Å². The van der Waals surface area contributed by atoms with Gasteiger partial charge in [-0.15, -0.1) is 5.10 Å². The van der Waals surface area contributed by atoms with Crippen LogP contribution in [-0.2, 0) is 13.1 Å². The first-order valence-corrected chi connectivity index (χ1v) is 8.86. The summed E-state index contributed by atoms with van der Waals surface area (Å²) in [6.45, 7) is 3.39. The molecule has 0 spiro atoms. The molecule has 0 N–H and O–H groups in total. The predicted octanol–water partition coefficient (Wildman–Crippen LogP) is 3.04. The van der Waals surface area contributed by atoms with E-state index in [-0.39, 0.29) is 5.91 Å². The SMILES string of the molecule is CCn1nnc2cc(C(=O)N=c3ccccn3Cc3ccccc3)ccc21. The molecular formula is C21H19N5O. The van der Waals surface area contributed by atoms with Crippen LogP contribution in [0.3, 0.4) is 0 Å². The van der Waals surface area contributed by atoms with Crippen LogP contribution in [-0.4, -0.2) is 25.5 Å². The van der Waals surface area contributed by atoms with Crippen LogP contribution in [0.25, 0.3) is 11.0 Å². The maximum atomic E-state index is 12.7. The van der Waals surface area contributed by atoms with E-state index < -0.39 is 0 Å². The van der Waals surface area contributed by atoms with Crippen LogP contribution in [0.4, 0.5) is 0 Å². The van der Waals surface area contributed by atoms with Gasteiger partial charge < -0.3 is 4.57 Å². The van der Waals surface area contributed by atoms with Crippen molar-refractivity contribution in [1.29, 1.82) is 0 Å². The van der Waals surface area contributed by atoms with E-state index in [2.05, 4.69) is 27.4 Å². The zero-order valence-corrected chi connectivity index (χ0v) is 15.0. The summed E-state index contributed by atoms with van der Waals surface area (Å²) in [4.78, 5) is 17.0. The van der Waals surface area contributed by atoms with Gasteiger partial charge in [0.25, 0.3) is 5.91 Å². The van der Waals surface area contributed by atoms with E-state index in [0.717, 1.165) is 17.6 Å². The summed E-state index contributed by atoms with van der Waals surface area (Å²) >= 11 is 0. The third-order valence-electron chi connectivity index (χ3n) is 4.39. The van der Waals surface area contributed by atoms with Crippen LogP contribution in [0.2, 0.25) is 0 Å². The third kappa shape index (κ3) is 3.55. The normalized spacial score (nSPS) is 11.8. The highest BCUT2D eigenvalue weighted by molar-refractivity contribution is 5.97. The van der Waals surface area contributed by atoms with E-state index in [1.54, 1.807) is 16.8 Å². The minimum atomic E-state index is -0.295. The van der Waals surface area contributed by atoms with Gasteiger partial charge in [-0.3, -0.25) is 4.79 Å². The minimum Gasteiger partial charge on any atom is -0.328 e. The van der Waals surface area contributed by atoms with Gasteiger partial charge in [0.05, 0.1) is 5.52 Å². The number of hydrogen-bond acceptors (Lipinski definition) is 3. The van der Waals surface area contributed by atoms with Gasteiger partial charge in [0.2, 0.25) is 0 Å². The Labute approximate surface area is 156 Å². The summed E-state index contributed by atoms with van der Waals surface area (Å²) in [7, 11) is 0. The number of amides is 1. The van der Waals surface area contributed by atoms with Crippen LogP contribution in [0.5, 0.6) is 0 Å². The van der Waals surface area contributed by atoms with Gasteiger partial charge in [-0.05, 0) is 42.8 Å². The molecule has 0 aliphatic heterocycles. The van der Waals surface area contributed by atoms with Crippen LogP contribution in [0, 0.1) is 0 Å². The van der Waals surface area contributed by atoms with Gasteiger partial charge >= 0.3 is 0 Å². The predicted molar refractivity (Wildman–Crippen MR) is 103 cm³/mol. The number of hydrogen-bond donors (Lipinski definition) is 0. The van der Waals surface area contributed by atoms with Gasteiger partial charge in [0.1, 0.15) is 11.0 Å². The van der Waals surface area contributed by atoms with Crippen molar-refractivity contribution >= 4 is 16.9 Å². The average Bonchev–Trinajstić information content (AvgIpc) is 3.12. The second-order valence-electron chi connectivity index (χ2n) is 6.20. The summed E-state index contributed by atoms with van der Waals surface area (Å²) in [5.74, 6) is -0.295. The lowest BCUT2D eigenvalue weighted by molar-refractivity contribution is 0.0997. The topological polar surface area (TPSA) is 65.1 Å². The molecular weight excluding hydrogens is 338 g/mol. The van der Waals surface area contributed by atoms with Crippen LogP contribution < -0.4 is 5.49 Å². The zero-order chi connectivity index (χ0) is 18.6. The number of carbonyl (C=O) groups excluding carboxylic acids is 1. The van der Waals surface area contributed by atoms with Crippen molar-refractivity contribution in [3.63, 3.8) is 0 Å². The Morgan fingerprint density at radius 1 is 1.04 bits per heavy atom. The van der Waals surface area contributed by atoms with E-state index in [1.807, 2.05) is 60.2 Å². The summed E-state index contributed by atoms with van der Waals surface area (Å²) in [5, 5.41) is 8.21. The van der Waals surface area contributed by atoms with Crippen molar-refractivity contribution in [3.8, 4) is 0 Å². The molecule has 0 atom stereocenters. The van der Waals surface area contributed by atoms with Gasteiger partial charge in [0.15, 0.2) is 0 Å². The molecule has 4 rings (SSSR count). The van der Waals surface area contributed by atoms with E-state index in [0.29, 0.717) is 23.1 Å². The first-order valence-electron chi connectivity index (χ1n) is 8.86. The largest absolute Gasteiger partial charge is 0.328 e. The second-order valence-corrected chi connectivity index (χ2v) is 6.20. The molecule has 4 aromatic rings. The monoisotopic (exact) mass is 357 g/mol. The van der Waals surface area contributed by atoms with Crippen molar-refractivity contribution in [2.45, 2.75) is 20.0 Å². The van der Waals surface area contributed by atoms with Gasteiger partial charge in [0, 0.05) is 24.8 Å². The Balaban J connectivity index is 1.68. The smallest absolute Gasteiger partial charge is 0.279 e. The highest BCUT2D eigenvalue weighted by Gasteiger charge is 2.09. The third-order valence-corrected chi connectivity index (χ3v) is 4.39. The molecule has 1 amide bonds. The summed E-state index contributed by atoms with van der Waals surface area (Å²) in [6.07, 6.45) is 1.93. The first-order chi connectivity index (χ1) is 13.2. The molecule has 134 valence electrons. The molecule has 0 saturated carbocycles. The maximum absolute atomic E-state index is 12.7. The first kappa shape index (κ1) is 16.9. The quantitative estimate of drug-likeness (QED) is 0.564. The maximum Gasteiger partial charge on any atom is 0.279 e. The Hall–Kier alpha value is -3.54. The molecule has 6 heteroatoms. The van der Waals surface area contributed by atoms with E-state index in [9.17, 15) is 4.79 Å². The number of pyridine rings is 1. The molecule has 2 aromatic carbocycles. The lowest BCUT2D eigenvalue weighted by atomic mass is 10.2. The van der Waals surface area contributed by atoms with Crippen molar-refractivity contribution in [3.05, 3.63) is 89.5 Å². The highest BCUT2D eigenvalue weighted by atomic mass is 16.1. The Bertz CT molecular complexity index is 1160. The molecule has 0 unspecified atom stereocenters. The molecule has 2 heterocycles. The van der Waals surface area contributed by atoms with Crippen molar-refractivity contribution in [2.24, 2.45) is 4.99 Å². The summed E-state index contributed by atoms with van der Waals surface area (Å²) < 4.78 is 3.75. The van der Waals surface area contributed by atoms with Crippen LogP contribution in [0.15, 0.2) is 77.9 Å². The fourth-order valence-electron chi connectivity index (χ4n) is 2.99. The van der Waals surface area contributed by atoms with Crippen molar-refractivity contribution in [1.82, 2.24) is 19.6 Å². The molecule has 0 radical (unpaired) electrons. The molecule has 6 nitrogen and oxygen atoms in total. The molecule has 0 bridgehead atoms. The lowest BCUT2D eigenvalue weighted by Crippen LogP contribution is -2.22. The Morgan fingerprint density at radius 2 is 1.85 bits per heavy atom. The van der Waals surface area contributed by atoms with E-state index in [4.69, 9.17) is 0 Å². The number of fused-ring (bicyclic) bond motifs is 1.